The van der Waals surface area contributed by atoms with Gasteiger partial charge in [-0.2, -0.15) is 0 Å². The summed E-state index contributed by atoms with van der Waals surface area (Å²) in [5.74, 6) is -0.336. The van der Waals surface area contributed by atoms with Crippen molar-refractivity contribution in [3.05, 3.63) is 53.7 Å². The number of esters is 1. The first-order chi connectivity index (χ1) is 11.2. The molecule has 0 radical (unpaired) electrons. The maximum atomic E-state index is 12.3. The molecule has 0 aliphatic carbocycles. The number of nitrogens with one attached hydrogen (secondary N) is 1. The Hall–Kier alpha value is -2.88. The van der Waals surface area contributed by atoms with Crippen LogP contribution in [0, 0.1) is 0 Å². The number of methoxy groups -OCH3 is 1. The van der Waals surface area contributed by atoms with Gasteiger partial charge in [-0.3, -0.25) is 4.98 Å². The number of fused-ring (bicyclic) bond motifs is 2. The molecule has 0 saturated heterocycles. The number of para-hydroxylation sites is 1. The molecule has 0 bridgehead atoms. The van der Waals surface area contributed by atoms with Gasteiger partial charge in [0.05, 0.1) is 24.1 Å². The van der Waals surface area contributed by atoms with E-state index in [0.717, 1.165) is 39.1 Å². The highest BCUT2D eigenvalue weighted by Gasteiger charge is 2.25. The summed E-state index contributed by atoms with van der Waals surface area (Å²) in [4.78, 5) is 17.1. The highest BCUT2D eigenvalue weighted by molar-refractivity contribution is 6.16. The van der Waals surface area contributed by atoms with Crippen molar-refractivity contribution in [2.75, 3.05) is 12.4 Å². The van der Waals surface area contributed by atoms with Crippen molar-refractivity contribution in [2.24, 2.45) is 0 Å². The fourth-order valence-electron chi connectivity index (χ4n) is 3.25. The zero-order chi connectivity index (χ0) is 16.0. The van der Waals surface area contributed by atoms with Crippen LogP contribution in [0.1, 0.15) is 23.0 Å². The molecule has 4 nitrogen and oxygen atoms in total. The van der Waals surface area contributed by atoms with Gasteiger partial charge in [-0.25, -0.2) is 4.79 Å². The zero-order valence-corrected chi connectivity index (χ0v) is 13.0. The normalized spacial score (nSPS) is 11.7. The minimum atomic E-state index is -0.336. The van der Waals surface area contributed by atoms with E-state index in [9.17, 15) is 4.79 Å². The molecule has 4 rings (SSSR count). The fourth-order valence-corrected chi connectivity index (χ4v) is 3.25. The van der Waals surface area contributed by atoms with Crippen molar-refractivity contribution in [1.82, 2.24) is 4.98 Å². The fraction of sp³-hybridized carbons (Fsp3) is 0.158. The molecule has 2 aromatic carbocycles. The summed E-state index contributed by atoms with van der Waals surface area (Å²) in [7, 11) is 1.41. The van der Waals surface area contributed by atoms with Crippen molar-refractivity contribution in [3.8, 4) is 11.3 Å². The Labute approximate surface area is 134 Å². The maximum Gasteiger partial charge on any atom is 0.340 e. The Morgan fingerprint density at radius 2 is 1.91 bits per heavy atom. The van der Waals surface area contributed by atoms with Crippen LogP contribution in [-0.2, 0) is 11.2 Å². The van der Waals surface area contributed by atoms with Gasteiger partial charge in [0.15, 0.2) is 0 Å². The molecule has 0 unspecified atom stereocenters. The Morgan fingerprint density at radius 3 is 2.70 bits per heavy atom. The van der Waals surface area contributed by atoms with E-state index in [1.54, 1.807) is 0 Å². The number of nitrogens with zero attached hydrogens (tertiary/aromatic N) is 1. The number of rotatable bonds is 2. The number of hydrogen-bond acceptors (Lipinski definition) is 4. The first-order valence-electron chi connectivity index (χ1n) is 7.65. The van der Waals surface area contributed by atoms with Crippen molar-refractivity contribution >= 4 is 28.1 Å². The third kappa shape index (κ3) is 1.91. The van der Waals surface area contributed by atoms with Gasteiger partial charge < -0.3 is 10.1 Å². The second-order valence-electron chi connectivity index (χ2n) is 5.53. The number of carbonyl (C=O) groups is 1. The van der Waals surface area contributed by atoms with E-state index < -0.39 is 0 Å². The Morgan fingerprint density at radius 1 is 1.13 bits per heavy atom. The van der Waals surface area contributed by atoms with E-state index in [4.69, 9.17) is 9.72 Å². The molecule has 1 aliphatic heterocycles. The number of hydrogen-bond donors (Lipinski definition) is 1. The molecule has 1 aliphatic rings. The third-order valence-electron chi connectivity index (χ3n) is 4.28. The SMILES string of the molecule is CCc1nc2c3c(cccc3c1C(=O)OC)Nc1ccccc1-2. The Kier molecular flexibility index (Phi) is 3.05. The lowest BCUT2D eigenvalue weighted by Crippen LogP contribution is -2.12. The molecule has 0 fully saturated rings. The number of aryl methyl sites for hydroxylation is 1. The molecule has 0 saturated carbocycles. The number of aromatic nitrogens is 1. The highest BCUT2D eigenvalue weighted by atomic mass is 16.5. The Bertz CT molecular complexity index is 947. The molecular weight excluding hydrogens is 288 g/mol. The second kappa shape index (κ2) is 5.09. The molecule has 3 aromatic rings. The highest BCUT2D eigenvalue weighted by Crippen LogP contribution is 2.43. The van der Waals surface area contributed by atoms with Crippen LogP contribution in [0.5, 0.6) is 0 Å². The summed E-state index contributed by atoms with van der Waals surface area (Å²) in [6, 6.07) is 14.0. The lowest BCUT2D eigenvalue weighted by molar-refractivity contribution is 0.0601. The van der Waals surface area contributed by atoms with Gasteiger partial charge in [-0.15, -0.1) is 0 Å². The van der Waals surface area contributed by atoms with Crippen LogP contribution in [0.3, 0.4) is 0 Å². The average molecular weight is 304 g/mol. The van der Waals surface area contributed by atoms with Crippen LogP contribution in [0.15, 0.2) is 42.5 Å². The van der Waals surface area contributed by atoms with Crippen LogP contribution >= 0.6 is 0 Å². The van der Waals surface area contributed by atoms with E-state index in [-0.39, 0.29) is 5.97 Å². The molecule has 1 aromatic heterocycles. The summed E-state index contributed by atoms with van der Waals surface area (Å²) in [6.45, 7) is 2.00. The van der Waals surface area contributed by atoms with E-state index in [0.29, 0.717) is 12.0 Å². The van der Waals surface area contributed by atoms with Gasteiger partial charge in [0, 0.05) is 27.7 Å². The second-order valence-corrected chi connectivity index (χ2v) is 5.53. The molecule has 0 amide bonds. The van der Waals surface area contributed by atoms with Crippen molar-refractivity contribution in [3.63, 3.8) is 0 Å². The van der Waals surface area contributed by atoms with Gasteiger partial charge in [-0.05, 0) is 18.6 Å². The molecule has 1 N–H and O–H groups in total. The third-order valence-corrected chi connectivity index (χ3v) is 4.28. The molecular formula is C19H16N2O2. The molecule has 114 valence electrons. The van der Waals surface area contributed by atoms with E-state index in [1.165, 1.54) is 7.11 Å². The van der Waals surface area contributed by atoms with Crippen LogP contribution in [-0.4, -0.2) is 18.1 Å². The summed E-state index contributed by atoms with van der Waals surface area (Å²) in [5.41, 5.74) is 5.33. The minimum absolute atomic E-state index is 0.336. The number of ether oxygens (including phenoxy) is 1. The van der Waals surface area contributed by atoms with E-state index in [1.807, 2.05) is 43.3 Å². The molecule has 23 heavy (non-hydrogen) atoms. The monoisotopic (exact) mass is 304 g/mol. The van der Waals surface area contributed by atoms with Crippen molar-refractivity contribution in [1.29, 1.82) is 0 Å². The summed E-state index contributed by atoms with van der Waals surface area (Å²) >= 11 is 0. The van der Waals surface area contributed by atoms with Crippen LogP contribution < -0.4 is 5.32 Å². The zero-order valence-electron chi connectivity index (χ0n) is 13.0. The van der Waals surface area contributed by atoms with Gasteiger partial charge in [0.1, 0.15) is 0 Å². The van der Waals surface area contributed by atoms with Crippen molar-refractivity contribution in [2.45, 2.75) is 13.3 Å². The molecule has 0 spiro atoms. The lowest BCUT2D eigenvalue weighted by Gasteiger charge is -2.23. The van der Waals surface area contributed by atoms with E-state index in [2.05, 4.69) is 11.4 Å². The standard InChI is InChI=1S/C19H16N2O2/c1-3-13-17(19(22)23-2)12-8-6-10-15-16(12)18(21-13)11-7-4-5-9-14(11)20-15/h4-10,20H,3H2,1-2H3. The number of carbonyl (C=O) groups excluding carboxylic acids is 1. The van der Waals surface area contributed by atoms with E-state index >= 15 is 0 Å². The smallest absolute Gasteiger partial charge is 0.340 e. The summed E-state index contributed by atoms with van der Waals surface area (Å²) in [6.07, 6.45) is 0.674. The molecule has 2 heterocycles. The van der Waals surface area contributed by atoms with Crippen molar-refractivity contribution < 1.29 is 9.53 Å². The van der Waals surface area contributed by atoms with Crippen LogP contribution in [0.2, 0.25) is 0 Å². The number of benzene rings is 2. The summed E-state index contributed by atoms with van der Waals surface area (Å²) in [5, 5.41) is 5.30. The van der Waals surface area contributed by atoms with Gasteiger partial charge in [0.25, 0.3) is 0 Å². The number of pyridine rings is 1. The summed E-state index contributed by atoms with van der Waals surface area (Å²) < 4.78 is 4.99. The minimum Gasteiger partial charge on any atom is -0.465 e. The largest absolute Gasteiger partial charge is 0.465 e. The number of anilines is 2. The molecule has 4 heteroatoms. The van der Waals surface area contributed by atoms with Crippen LogP contribution in [0.25, 0.3) is 22.0 Å². The quantitative estimate of drug-likeness (QED) is 0.561. The lowest BCUT2D eigenvalue weighted by atomic mass is 9.93. The molecule has 0 atom stereocenters. The van der Waals surface area contributed by atoms with Gasteiger partial charge in [-0.1, -0.05) is 37.3 Å². The predicted octanol–water partition coefficient (Wildman–Crippen LogP) is 4.31. The Balaban J connectivity index is 2.17. The van der Waals surface area contributed by atoms with Gasteiger partial charge >= 0.3 is 5.97 Å². The maximum absolute atomic E-state index is 12.3. The van der Waals surface area contributed by atoms with Gasteiger partial charge in [0.2, 0.25) is 0 Å². The first kappa shape index (κ1) is 13.8. The van der Waals surface area contributed by atoms with Crippen LogP contribution in [0.4, 0.5) is 11.4 Å². The first-order valence-corrected chi connectivity index (χ1v) is 7.65. The predicted molar refractivity (Wildman–Crippen MR) is 91.2 cm³/mol. The average Bonchev–Trinajstić information content (AvgIpc) is 2.60. The topological polar surface area (TPSA) is 51.2 Å².